The van der Waals surface area contributed by atoms with Crippen LogP contribution in [0.15, 0.2) is 72.9 Å². The molecule has 2 heterocycles. The number of rotatable bonds is 8. The van der Waals surface area contributed by atoms with E-state index in [9.17, 15) is 4.79 Å². The van der Waals surface area contributed by atoms with Crippen molar-refractivity contribution in [3.8, 4) is 17.4 Å². The Kier molecular flexibility index (Phi) is 6.79. The molecule has 160 valence electrons. The number of ether oxygens (including phenoxy) is 2. The van der Waals surface area contributed by atoms with Crippen molar-refractivity contribution in [2.75, 3.05) is 26.7 Å². The van der Waals surface area contributed by atoms with Gasteiger partial charge >= 0.3 is 0 Å². The molecule has 0 radical (unpaired) electrons. The number of benzene rings is 2. The van der Waals surface area contributed by atoms with Crippen LogP contribution < -0.4 is 14.8 Å². The molecular weight excluding hydrogens is 390 g/mol. The summed E-state index contributed by atoms with van der Waals surface area (Å²) in [6.07, 6.45) is 3.98. The summed E-state index contributed by atoms with van der Waals surface area (Å²) in [5.41, 5.74) is 1.58. The molecule has 0 aliphatic carbocycles. The average molecular weight is 418 g/mol. The quantitative estimate of drug-likeness (QED) is 0.587. The molecule has 1 N–H and O–H groups in total. The van der Waals surface area contributed by atoms with Crippen molar-refractivity contribution in [1.29, 1.82) is 0 Å². The molecule has 0 spiro atoms. The van der Waals surface area contributed by atoms with Gasteiger partial charge in [0.25, 0.3) is 5.91 Å². The lowest BCUT2D eigenvalue weighted by atomic mass is 10.0. The average Bonchev–Trinajstić information content (AvgIpc) is 3.35. The van der Waals surface area contributed by atoms with Crippen LogP contribution in [0.2, 0.25) is 0 Å². The Labute approximate surface area is 182 Å². The summed E-state index contributed by atoms with van der Waals surface area (Å²) in [6.45, 7) is 2.56. The van der Waals surface area contributed by atoms with Crippen molar-refractivity contribution in [2.45, 2.75) is 18.9 Å². The smallest absolute Gasteiger partial charge is 0.256 e. The number of nitrogens with zero attached hydrogens (tertiary/aromatic N) is 2. The lowest BCUT2D eigenvalue weighted by Gasteiger charge is -2.28. The van der Waals surface area contributed by atoms with Crippen molar-refractivity contribution in [3.05, 3.63) is 84.1 Å². The molecular formula is C25H27N3O3. The zero-order valence-electron chi connectivity index (χ0n) is 17.7. The van der Waals surface area contributed by atoms with Gasteiger partial charge < -0.3 is 14.8 Å². The second kappa shape index (κ2) is 10.1. The minimum Gasteiger partial charge on any atom is -0.497 e. The van der Waals surface area contributed by atoms with Crippen LogP contribution in [0.4, 0.5) is 0 Å². The maximum atomic E-state index is 13.0. The van der Waals surface area contributed by atoms with E-state index in [1.165, 1.54) is 12.8 Å². The molecule has 1 aliphatic heterocycles. The Morgan fingerprint density at radius 3 is 2.45 bits per heavy atom. The molecule has 1 fully saturated rings. The number of likely N-dealkylation sites (tertiary alicyclic amines) is 1. The van der Waals surface area contributed by atoms with E-state index in [-0.39, 0.29) is 11.9 Å². The van der Waals surface area contributed by atoms with Gasteiger partial charge in [0, 0.05) is 12.7 Å². The number of hydrogen-bond acceptors (Lipinski definition) is 5. The summed E-state index contributed by atoms with van der Waals surface area (Å²) in [4.78, 5) is 19.7. The molecule has 4 rings (SSSR count). The van der Waals surface area contributed by atoms with Gasteiger partial charge in [-0.2, -0.15) is 0 Å². The highest BCUT2D eigenvalue weighted by Gasteiger charge is 2.25. The van der Waals surface area contributed by atoms with Gasteiger partial charge in [0.2, 0.25) is 5.88 Å². The Morgan fingerprint density at radius 1 is 1.00 bits per heavy atom. The number of carbonyl (C=O) groups is 1. The number of methoxy groups -OCH3 is 1. The maximum Gasteiger partial charge on any atom is 0.256 e. The molecule has 2 aromatic carbocycles. The number of carbonyl (C=O) groups excluding carboxylic acids is 1. The third-order valence-corrected chi connectivity index (χ3v) is 5.51. The zero-order chi connectivity index (χ0) is 21.5. The monoisotopic (exact) mass is 417 g/mol. The molecule has 3 aromatic rings. The lowest BCUT2D eigenvalue weighted by Crippen LogP contribution is -2.37. The number of para-hydroxylation sites is 1. The predicted molar refractivity (Wildman–Crippen MR) is 120 cm³/mol. The predicted octanol–water partition coefficient (Wildman–Crippen LogP) is 4.45. The summed E-state index contributed by atoms with van der Waals surface area (Å²) in [5.74, 6) is 1.57. The second-order valence-electron chi connectivity index (χ2n) is 7.51. The molecule has 31 heavy (non-hydrogen) atoms. The molecule has 1 aliphatic rings. The first kappa shape index (κ1) is 20.9. The Bertz CT molecular complexity index is 986. The normalized spacial score (nSPS) is 14.7. The topological polar surface area (TPSA) is 63.7 Å². The first-order chi connectivity index (χ1) is 15.2. The van der Waals surface area contributed by atoms with Gasteiger partial charge in [-0.3, -0.25) is 9.69 Å². The summed E-state index contributed by atoms with van der Waals surface area (Å²) < 4.78 is 11.1. The van der Waals surface area contributed by atoms with E-state index < -0.39 is 0 Å². The first-order valence-corrected chi connectivity index (χ1v) is 10.6. The molecule has 1 saturated heterocycles. The van der Waals surface area contributed by atoms with Crippen LogP contribution in [-0.2, 0) is 0 Å². The second-order valence-corrected chi connectivity index (χ2v) is 7.51. The molecule has 1 unspecified atom stereocenters. The van der Waals surface area contributed by atoms with E-state index in [1.54, 1.807) is 25.4 Å². The van der Waals surface area contributed by atoms with Crippen LogP contribution in [0.25, 0.3) is 0 Å². The molecule has 0 saturated carbocycles. The van der Waals surface area contributed by atoms with Crippen LogP contribution in [-0.4, -0.2) is 42.5 Å². The summed E-state index contributed by atoms with van der Waals surface area (Å²) in [7, 11) is 1.66. The highest BCUT2D eigenvalue weighted by Crippen LogP contribution is 2.27. The van der Waals surface area contributed by atoms with Crippen LogP contribution in [0.1, 0.15) is 34.8 Å². The van der Waals surface area contributed by atoms with Crippen molar-refractivity contribution in [2.24, 2.45) is 0 Å². The van der Waals surface area contributed by atoms with Gasteiger partial charge in [0.15, 0.2) is 0 Å². The van der Waals surface area contributed by atoms with Gasteiger partial charge in [0.05, 0.1) is 13.2 Å². The van der Waals surface area contributed by atoms with Crippen LogP contribution in [0, 0.1) is 0 Å². The first-order valence-electron chi connectivity index (χ1n) is 10.6. The van der Waals surface area contributed by atoms with Gasteiger partial charge in [-0.25, -0.2) is 4.98 Å². The lowest BCUT2D eigenvalue weighted by molar-refractivity contribution is 0.0935. The third-order valence-electron chi connectivity index (χ3n) is 5.51. The summed E-state index contributed by atoms with van der Waals surface area (Å²) in [5, 5.41) is 3.10. The van der Waals surface area contributed by atoms with E-state index in [0.717, 1.165) is 24.4 Å². The van der Waals surface area contributed by atoms with Gasteiger partial charge in [-0.15, -0.1) is 0 Å². The maximum absolute atomic E-state index is 13.0. The number of amides is 1. The standard InChI is InChI=1S/C25H27N3O3/c1-30-20-13-11-19(12-14-20)23(28-16-5-6-17-28)18-27-24(29)22-10-7-15-26-25(22)31-21-8-3-2-4-9-21/h2-4,7-15,23H,5-6,16-18H2,1H3,(H,27,29). The van der Waals surface area contributed by atoms with Crippen molar-refractivity contribution in [1.82, 2.24) is 15.2 Å². The minimum absolute atomic E-state index is 0.104. The SMILES string of the molecule is COc1ccc(C(CNC(=O)c2cccnc2Oc2ccccc2)N2CCCC2)cc1. The van der Waals surface area contributed by atoms with Crippen LogP contribution >= 0.6 is 0 Å². The van der Waals surface area contributed by atoms with Gasteiger partial charge in [-0.1, -0.05) is 30.3 Å². The van der Waals surface area contributed by atoms with E-state index in [1.807, 2.05) is 42.5 Å². The zero-order valence-corrected chi connectivity index (χ0v) is 17.7. The molecule has 1 atom stereocenters. The summed E-state index contributed by atoms with van der Waals surface area (Å²) >= 11 is 0. The number of hydrogen-bond donors (Lipinski definition) is 1. The van der Waals surface area contributed by atoms with Crippen molar-refractivity contribution < 1.29 is 14.3 Å². The number of pyridine rings is 1. The largest absolute Gasteiger partial charge is 0.497 e. The number of nitrogens with one attached hydrogen (secondary N) is 1. The molecule has 1 amide bonds. The number of aromatic nitrogens is 1. The highest BCUT2D eigenvalue weighted by molar-refractivity contribution is 5.96. The van der Waals surface area contributed by atoms with Crippen LogP contribution in [0.3, 0.4) is 0 Å². The van der Waals surface area contributed by atoms with Crippen molar-refractivity contribution >= 4 is 5.91 Å². The fourth-order valence-electron chi connectivity index (χ4n) is 3.87. The van der Waals surface area contributed by atoms with E-state index in [0.29, 0.717) is 23.7 Å². The fraction of sp³-hybridized carbons (Fsp3) is 0.280. The summed E-state index contributed by atoms with van der Waals surface area (Å²) in [6, 6.07) is 21.0. The van der Waals surface area contributed by atoms with E-state index >= 15 is 0 Å². The Hall–Kier alpha value is -3.38. The van der Waals surface area contributed by atoms with E-state index in [2.05, 4.69) is 27.3 Å². The minimum atomic E-state index is -0.197. The Morgan fingerprint density at radius 2 is 1.74 bits per heavy atom. The third kappa shape index (κ3) is 5.22. The van der Waals surface area contributed by atoms with E-state index in [4.69, 9.17) is 9.47 Å². The van der Waals surface area contributed by atoms with Gasteiger partial charge in [-0.05, 0) is 67.9 Å². The highest BCUT2D eigenvalue weighted by atomic mass is 16.5. The molecule has 6 nitrogen and oxygen atoms in total. The van der Waals surface area contributed by atoms with Gasteiger partial charge in [0.1, 0.15) is 17.1 Å². The van der Waals surface area contributed by atoms with Crippen LogP contribution in [0.5, 0.6) is 17.4 Å². The van der Waals surface area contributed by atoms with Crippen molar-refractivity contribution in [3.63, 3.8) is 0 Å². The molecule has 1 aromatic heterocycles. The Balaban J connectivity index is 1.49. The molecule has 6 heteroatoms. The fourth-order valence-corrected chi connectivity index (χ4v) is 3.87. The molecule has 0 bridgehead atoms.